The van der Waals surface area contributed by atoms with E-state index in [-0.39, 0.29) is 23.3 Å². The molecule has 1 aromatic carbocycles. The summed E-state index contributed by atoms with van der Waals surface area (Å²) in [7, 11) is 0. The molecule has 1 fully saturated rings. The molecule has 2 heterocycles. The smallest absolute Gasteiger partial charge is 0.300 e. The van der Waals surface area contributed by atoms with Crippen molar-refractivity contribution in [2.45, 2.75) is 43.3 Å². The van der Waals surface area contributed by atoms with Gasteiger partial charge in [-0.15, -0.1) is 10.2 Å². The van der Waals surface area contributed by atoms with Crippen molar-refractivity contribution in [3.05, 3.63) is 52.8 Å². The van der Waals surface area contributed by atoms with E-state index in [4.69, 9.17) is 0 Å². The van der Waals surface area contributed by atoms with Crippen LogP contribution in [0, 0.1) is 5.82 Å². The minimum atomic E-state index is -0.425. The Bertz CT molecular complexity index is 1060. The zero-order valence-corrected chi connectivity index (χ0v) is 16.0. The standard InChI is InChI=1S/C19H20FN5O2S/c20-13-5-4-8-15(11-13)24-9-10-25-17(18(24)27)22-23-19(25)28-12-16(26)21-14-6-2-1-3-7-14/h4-5,8-11,14H,1-3,6-7,12H2,(H,21,26). The maximum atomic E-state index is 13.5. The number of hydrogen-bond acceptors (Lipinski definition) is 5. The predicted octanol–water partition coefficient (Wildman–Crippen LogP) is 2.56. The molecule has 3 aromatic rings. The van der Waals surface area contributed by atoms with Gasteiger partial charge >= 0.3 is 5.56 Å². The van der Waals surface area contributed by atoms with Crippen molar-refractivity contribution in [2.75, 3.05) is 5.75 Å². The van der Waals surface area contributed by atoms with Gasteiger partial charge in [0, 0.05) is 18.4 Å². The third-order valence-electron chi connectivity index (χ3n) is 4.83. The van der Waals surface area contributed by atoms with Gasteiger partial charge in [-0.2, -0.15) is 0 Å². The minimum absolute atomic E-state index is 0.0400. The molecule has 4 rings (SSSR count). The van der Waals surface area contributed by atoms with Crippen molar-refractivity contribution >= 4 is 23.3 Å². The summed E-state index contributed by atoms with van der Waals surface area (Å²) in [6, 6.07) is 6.03. The van der Waals surface area contributed by atoms with Crippen molar-refractivity contribution in [3.8, 4) is 5.69 Å². The number of nitrogens with one attached hydrogen (secondary N) is 1. The molecule has 0 bridgehead atoms. The summed E-state index contributed by atoms with van der Waals surface area (Å²) in [6.45, 7) is 0. The monoisotopic (exact) mass is 401 g/mol. The van der Waals surface area contributed by atoms with Crippen LogP contribution in [0.25, 0.3) is 11.3 Å². The van der Waals surface area contributed by atoms with Crippen LogP contribution < -0.4 is 10.9 Å². The van der Waals surface area contributed by atoms with Crippen LogP contribution >= 0.6 is 11.8 Å². The summed E-state index contributed by atoms with van der Waals surface area (Å²) >= 11 is 1.24. The number of nitrogens with zero attached hydrogens (tertiary/aromatic N) is 4. The molecule has 0 atom stereocenters. The van der Waals surface area contributed by atoms with Crippen molar-refractivity contribution in [1.82, 2.24) is 24.5 Å². The zero-order chi connectivity index (χ0) is 19.5. The number of halogens is 1. The van der Waals surface area contributed by atoms with E-state index in [2.05, 4.69) is 15.5 Å². The molecule has 9 heteroatoms. The lowest BCUT2D eigenvalue weighted by molar-refractivity contribution is -0.119. The summed E-state index contributed by atoms with van der Waals surface area (Å²) < 4.78 is 16.3. The zero-order valence-electron chi connectivity index (χ0n) is 15.2. The van der Waals surface area contributed by atoms with Gasteiger partial charge in [-0.25, -0.2) is 4.39 Å². The molecule has 2 aromatic heterocycles. The number of carbonyl (C=O) groups is 1. The van der Waals surface area contributed by atoms with Gasteiger partial charge in [0.1, 0.15) is 5.82 Å². The van der Waals surface area contributed by atoms with Crippen LogP contribution in [0.1, 0.15) is 32.1 Å². The van der Waals surface area contributed by atoms with Gasteiger partial charge in [-0.3, -0.25) is 18.6 Å². The molecular formula is C19H20FN5O2S. The highest BCUT2D eigenvalue weighted by atomic mass is 32.2. The number of amides is 1. The molecule has 0 spiro atoms. The molecule has 28 heavy (non-hydrogen) atoms. The van der Waals surface area contributed by atoms with Crippen molar-refractivity contribution < 1.29 is 9.18 Å². The summed E-state index contributed by atoms with van der Waals surface area (Å²) in [5, 5.41) is 11.5. The molecule has 1 aliphatic carbocycles. The van der Waals surface area contributed by atoms with Gasteiger partial charge in [0.25, 0.3) is 0 Å². The van der Waals surface area contributed by atoms with Crippen LogP contribution in [0.4, 0.5) is 4.39 Å². The van der Waals surface area contributed by atoms with Crippen molar-refractivity contribution in [1.29, 1.82) is 0 Å². The van der Waals surface area contributed by atoms with Crippen molar-refractivity contribution in [2.24, 2.45) is 0 Å². The largest absolute Gasteiger partial charge is 0.353 e. The molecule has 146 valence electrons. The molecule has 1 amide bonds. The molecule has 7 nitrogen and oxygen atoms in total. The third kappa shape index (κ3) is 3.94. The fraction of sp³-hybridized carbons (Fsp3) is 0.368. The first-order valence-electron chi connectivity index (χ1n) is 9.26. The fourth-order valence-corrected chi connectivity index (χ4v) is 4.17. The van der Waals surface area contributed by atoms with E-state index >= 15 is 0 Å². The number of rotatable bonds is 5. The summed E-state index contributed by atoms with van der Waals surface area (Å²) in [4.78, 5) is 24.9. The maximum absolute atomic E-state index is 13.5. The quantitative estimate of drug-likeness (QED) is 0.665. The van der Waals surface area contributed by atoms with Gasteiger partial charge in [-0.05, 0) is 31.0 Å². The van der Waals surface area contributed by atoms with E-state index in [0.29, 0.717) is 10.8 Å². The van der Waals surface area contributed by atoms with E-state index in [1.807, 2.05) is 0 Å². The van der Waals surface area contributed by atoms with E-state index in [1.54, 1.807) is 22.9 Å². The van der Waals surface area contributed by atoms with Crippen LogP contribution in [0.15, 0.2) is 46.6 Å². The lowest BCUT2D eigenvalue weighted by atomic mass is 9.95. The Kier molecular flexibility index (Phi) is 5.43. The first-order valence-corrected chi connectivity index (χ1v) is 10.2. The number of thioether (sulfide) groups is 1. The van der Waals surface area contributed by atoms with Crippen molar-refractivity contribution in [3.63, 3.8) is 0 Å². The van der Waals surface area contributed by atoms with Crippen LogP contribution in [-0.2, 0) is 4.79 Å². The Morgan fingerprint density at radius 2 is 2.04 bits per heavy atom. The molecule has 1 aliphatic rings. The average molecular weight is 401 g/mol. The third-order valence-corrected chi connectivity index (χ3v) is 5.77. The average Bonchev–Trinajstić information content (AvgIpc) is 3.11. The Morgan fingerprint density at radius 3 is 2.82 bits per heavy atom. The Labute approximate surface area is 165 Å². The van der Waals surface area contributed by atoms with Gasteiger partial charge in [0.15, 0.2) is 5.16 Å². The summed E-state index contributed by atoms with van der Waals surface area (Å²) in [5.74, 6) is -0.253. The normalized spacial score (nSPS) is 15.0. The fourth-order valence-electron chi connectivity index (χ4n) is 3.44. The Morgan fingerprint density at radius 1 is 1.21 bits per heavy atom. The molecule has 0 unspecified atom stereocenters. The van der Waals surface area contributed by atoms with E-state index < -0.39 is 11.4 Å². The number of carbonyl (C=O) groups excluding carboxylic acids is 1. The summed E-state index contributed by atoms with van der Waals surface area (Å²) in [5.41, 5.74) is 0.137. The number of aromatic nitrogens is 4. The second kappa shape index (κ2) is 8.14. The molecule has 0 radical (unpaired) electrons. The second-order valence-corrected chi connectivity index (χ2v) is 7.76. The molecule has 0 saturated heterocycles. The van der Waals surface area contributed by atoms with Gasteiger partial charge < -0.3 is 5.32 Å². The maximum Gasteiger partial charge on any atom is 0.300 e. The molecule has 0 aliphatic heterocycles. The summed E-state index contributed by atoms with van der Waals surface area (Å²) in [6.07, 6.45) is 8.80. The van der Waals surface area contributed by atoms with E-state index in [1.165, 1.54) is 40.9 Å². The number of hydrogen-bond donors (Lipinski definition) is 1. The van der Waals surface area contributed by atoms with Crippen LogP contribution in [-0.4, -0.2) is 36.9 Å². The number of benzene rings is 1. The van der Waals surface area contributed by atoms with Crippen LogP contribution in [0.5, 0.6) is 0 Å². The SMILES string of the molecule is O=C(CSc1nnc2c(=O)n(-c3cccc(F)c3)ccn12)NC1CCCCC1. The Hall–Kier alpha value is -2.68. The molecule has 1 N–H and O–H groups in total. The van der Waals surface area contributed by atoms with Gasteiger partial charge in [0.2, 0.25) is 11.6 Å². The minimum Gasteiger partial charge on any atom is -0.353 e. The van der Waals surface area contributed by atoms with Gasteiger partial charge in [0.05, 0.1) is 11.4 Å². The first-order chi connectivity index (χ1) is 13.6. The lowest BCUT2D eigenvalue weighted by Gasteiger charge is -2.22. The molecule has 1 saturated carbocycles. The highest BCUT2D eigenvalue weighted by Crippen LogP contribution is 2.19. The predicted molar refractivity (Wildman–Crippen MR) is 104 cm³/mol. The highest BCUT2D eigenvalue weighted by Gasteiger charge is 2.17. The van der Waals surface area contributed by atoms with E-state index in [0.717, 1.165) is 25.7 Å². The van der Waals surface area contributed by atoms with Gasteiger partial charge in [-0.1, -0.05) is 37.1 Å². The van der Waals surface area contributed by atoms with E-state index in [9.17, 15) is 14.0 Å². The van der Waals surface area contributed by atoms with Crippen LogP contribution in [0.3, 0.4) is 0 Å². The number of fused-ring (bicyclic) bond motifs is 1. The van der Waals surface area contributed by atoms with Crippen LogP contribution in [0.2, 0.25) is 0 Å². The lowest BCUT2D eigenvalue weighted by Crippen LogP contribution is -2.37. The molecular weight excluding hydrogens is 381 g/mol. The topological polar surface area (TPSA) is 81.3 Å². The first kappa shape index (κ1) is 18.7. The second-order valence-electron chi connectivity index (χ2n) is 6.82. The highest BCUT2D eigenvalue weighted by molar-refractivity contribution is 7.99. The Balaban J connectivity index is 1.49.